The second-order valence-corrected chi connectivity index (χ2v) is 7.63. The number of benzene rings is 2. The van der Waals surface area contributed by atoms with Crippen LogP contribution in [0.3, 0.4) is 0 Å². The third kappa shape index (κ3) is 3.45. The Morgan fingerprint density at radius 2 is 2.08 bits per heavy atom. The Bertz CT molecular complexity index is 953. The van der Waals surface area contributed by atoms with Crippen molar-refractivity contribution < 1.29 is 9.53 Å². The molecule has 0 saturated carbocycles. The van der Waals surface area contributed by atoms with Crippen molar-refractivity contribution in [2.45, 2.75) is 13.3 Å². The van der Waals surface area contributed by atoms with Crippen LogP contribution in [0.15, 0.2) is 47.8 Å². The molecule has 2 heterocycles. The Kier molecular flexibility index (Phi) is 4.66. The van der Waals surface area contributed by atoms with Crippen molar-refractivity contribution in [2.75, 3.05) is 18.1 Å². The number of hydrogen-bond donors (Lipinski definition) is 0. The number of hydrogen-bond acceptors (Lipinski definition) is 4. The molecule has 0 bridgehead atoms. The topological polar surface area (TPSA) is 42.4 Å². The maximum Gasteiger partial charge on any atom is 0.264 e. The number of aryl methyl sites for hydroxylation is 1. The highest BCUT2D eigenvalue weighted by molar-refractivity contribution is 7.09. The summed E-state index contributed by atoms with van der Waals surface area (Å²) in [4.78, 5) is 18.9. The number of carbonyl (C=O) groups excluding carboxylic acids is 1. The standard InChI is InChI=1S/C20H17ClN2O2S/c1-13-22-18(12-26-13)14-2-7-19-15(10-14)8-9-23(19)20(24)11-25-17-5-3-16(21)4-6-17/h2-7,10,12H,8-9,11H2,1H3. The molecule has 1 aliphatic rings. The van der Waals surface area contributed by atoms with Gasteiger partial charge in [-0.1, -0.05) is 17.7 Å². The van der Waals surface area contributed by atoms with E-state index in [-0.39, 0.29) is 12.5 Å². The van der Waals surface area contributed by atoms with Crippen LogP contribution in [0.4, 0.5) is 5.69 Å². The van der Waals surface area contributed by atoms with Gasteiger partial charge in [0.1, 0.15) is 5.75 Å². The summed E-state index contributed by atoms with van der Waals surface area (Å²) in [5.74, 6) is 0.590. The molecule has 0 saturated heterocycles. The molecule has 1 aromatic heterocycles. The van der Waals surface area contributed by atoms with Crippen LogP contribution in [0.2, 0.25) is 5.02 Å². The van der Waals surface area contributed by atoms with Crippen LogP contribution in [0, 0.1) is 6.92 Å². The summed E-state index contributed by atoms with van der Waals surface area (Å²) in [6.45, 7) is 2.69. The highest BCUT2D eigenvalue weighted by atomic mass is 35.5. The van der Waals surface area contributed by atoms with E-state index < -0.39 is 0 Å². The number of amides is 1. The van der Waals surface area contributed by atoms with E-state index in [4.69, 9.17) is 16.3 Å². The van der Waals surface area contributed by atoms with Gasteiger partial charge >= 0.3 is 0 Å². The highest BCUT2D eigenvalue weighted by Crippen LogP contribution is 2.32. The summed E-state index contributed by atoms with van der Waals surface area (Å²) in [7, 11) is 0. The first kappa shape index (κ1) is 17.1. The highest BCUT2D eigenvalue weighted by Gasteiger charge is 2.25. The van der Waals surface area contributed by atoms with E-state index in [9.17, 15) is 4.79 Å². The summed E-state index contributed by atoms with van der Waals surface area (Å²) >= 11 is 7.50. The molecule has 0 atom stereocenters. The molecule has 0 spiro atoms. The zero-order valence-corrected chi connectivity index (χ0v) is 15.8. The van der Waals surface area contributed by atoms with E-state index in [0.717, 1.165) is 28.4 Å². The Balaban J connectivity index is 1.47. The number of nitrogens with zero attached hydrogens (tertiary/aromatic N) is 2. The number of rotatable bonds is 4. The van der Waals surface area contributed by atoms with Gasteiger partial charge in [0.05, 0.1) is 10.7 Å². The van der Waals surface area contributed by atoms with Crippen molar-refractivity contribution in [3.8, 4) is 17.0 Å². The second-order valence-electron chi connectivity index (χ2n) is 6.13. The van der Waals surface area contributed by atoms with Crippen molar-refractivity contribution in [3.05, 3.63) is 63.4 Å². The van der Waals surface area contributed by atoms with Crippen molar-refractivity contribution in [1.29, 1.82) is 0 Å². The summed E-state index contributed by atoms with van der Waals surface area (Å²) in [6.07, 6.45) is 0.846. The summed E-state index contributed by atoms with van der Waals surface area (Å²) in [5.41, 5.74) is 4.23. The van der Waals surface area contributed by atoms with Crippen LogP contribution in [-0.4, -0.2) is 24.0 Å². The average Bonchev–Trinajstić information content (AvgIpc) is 3.26. The van der Waals surface area contributed by atoms with E-state index in [0.29, 0.717) is 17.3 Å². The minimum Gasteiger partial charge on any atom is -0.484 e. The number of aromatic nitrogens is 1. The SMILES string of the molecule is Cc1nc(-c2ccc3c(c2)CCN3C(=O)COc2ccc(Cl)cc2)cs1. The number of fused-ring (bicyclic) bond motifs is 1. The smallest absolute Gasteiger partial charge is 0.264 e. The first-order chi connectivity index (χ1) is 12.6. The van der Waals surface area contributed by atoms with E-state index in [1.165, 1.54) is 5.56 Å². The number of anilines is 1. The molecule has 4 nitrogen and oxygen atoms in total. The fraction of sp³-hybridized carbons (Fsp3) is 0.200. The summed E-state index contributed by atoms with van der Waals surface area (Å²) in [6, 6.07) is 13.2. The Labute approximate surface area is 161 Å². The quantitative estimate of drug-likeness (QED) is 0.652. The molecule has 0 unspecified atom stereocenters. The van der Waals surface area contributed by atoms with Gasteiger partial charge in [-0.25, -0.2) is 4.98 Å². The molecular formula is C20H17ClN2O2S. The Hall–Kier alpha value is -2.37. The largest absolute Gasteiger partial charge is 0.484 e. The minimum absolute atomic E-state index is 0.00804. The molecule has 0 N–H and O–H groups in total. The van der Waals surface area contributed by atoms with E-state index in [1.54, 1.807) is 40.5 Å². The molecular weight excluding hydrogens is 368 g/mol. The number of halogens is 1. The van der Waals surface area contributed by atoms with Gasteiger partial charge in [0.2, 0.25) is 0 Å². The third-order valence-corrected chi connectivity index (χ3v) is 5.39. The fourth-order valence-corrected chi connectivity index (χ4v) is 3.82. The van der Waals surface area contributed by atoms with Crippen LogP contribution in [0.5, 0.6) is 5.75 Å². The van der Waals surface area contributed by atoms with Crippen LogP contribution in [0.1, 0.15) is 10.6 Å². The fourth-order valence-electron chi connectivity index (χ4n) is 3.07. The van der Waals surface area contributed by atoms with Gasteiger partial charge in [0, 0.05) is 28.2 Å². The third-order valence-electron chi connectivity index (χ3n) is 4.37. The molecule has 4 rings (SSSR count). The number of ether oxygens (including phenoxy) is 1. The minimum atomic E-state index is -0.0454. The molecule has 0 radical (unpaired) electrons. The van der Waals surface area contributed by atoms with E-state index in [1.807, 2.05) is 19.1 Å². The molecule has 1 aliphatic heterocycles. The lowest BCUT2D eigenvalue weighted by molar-refractivity contribution is -0.120. The second kappa shape index (κ2) is 7.09. The maximum absolute atomic E-state index is 12.6. The van der Waals surface area contributed by atoms with Crippen molar-refractivity contribution in [2.24, 2.45) is 0 Å². The molecule has 0 aliphatic carbocycles. The summed E-state index contributed by atoms with van der Waals surface area (Å²) < 4.78 is 5.59. The summed E-state index contributed by atoms with van der Waals surface area (Å²) in [5, 5.41) is 3.76. The van der Waals surface area contributed by atoms with Gasteiger partial charge in [-0.05, 0) is 55.3 Å². The van der Waals surface area contributed by atoms with Crippen LogP contribution < -0.4 is 9.64 Å². The van der Waals surface area contributed by atoms with Crippen LogP contribution in [-0.2, 0) is 11.2 Å². The van der Waals surface area contributed by atoms with Gasteiger partial charge in [-0.15, -0.1) is 11.3 Å². The van der Waals surface area contributed by atoms with E-state index >= 15 is 0 Å². The van der Waals surface area contributed by atoms with Crippen LogP contribution in [0.25, 0.3) is 11.3 Å². The predicted molar refractivity (Wildman–Crippen MR) is 105 cm³/mol. The molecule has 3 aromatic rings. The van der Waals surface area contributed by atoms with Gasteiger partial charge in [-0.2, -0.15) is 0 Å². The lowest BCUT2D eigenvalue weighted by Crippen LogP contribution is -2.33. The monoisotopic (exact) mass is 384 g/mol. The maximum atomic E-state index is 12.6. The van der Waals surface area contributed by atoms with E-state index in [2.05, 4.69) is 16.4 Å². The van der Waals surface area contributed by atoms with Gasteiger partial charge < -0.3 is 9.64 Å². The van der Waals surface area contributed by atoms with Crippen molar-refractivity contribution in [1.82, 2.24) is 4.98 Å². The van der Waals surface area contributed by atoms with Crippen LogP contribution >= 0.6 is 22.9 Å². The Morgan fingerprint density at radius 3 is 2.81 bits per heavy atom. The molecule has 26 heavy (non-hydrogen) atoms. The van der Waals surface area contributed by atoms with Gasteiger partial charge in [0.15, 0.2) is 6.61 Å². The Morgan fingerprint density at radius 1 is 1.27 bits per heavy atom. The molecule has 2 aromatic carbocycles. The first-order valence-corrected chi connectivity index (χ1v) is 9.60. The molecule has 1 amide bonds. The van der Waals surface area contributed by atoms with Gasteiger partial charge in [-0.3, -0.25) is 4.79 Å². The van der Waals surface area contributed by atoms with Gasteiger partial charge in [0.25, 0.3) is 5.91 Å². The molecule has 0 fully saturated rings. The predicted octanol–water partition coefficient (Wildman–Crippen LogP) is 4.74. The zero-order chi connectivity index (χ0) is 18.1. The zero-order valence-electron chi connectivity index (χ0n) is 14.2. The lowest BCUT2D eigenvalue weighted by atomic mass is 10.1. The van der Waals surface area contributed by atoms with Crippen molar-refractivity contribution >= 4 is 34.5 Å². The molecule has 6 heteroatoms. The first-order valence-electron chi connectivity index (χ1n) is 8.34. The number of thiazole rings is 1. The normalized spacial score (nSPS) is 12.9. The van der Waals surface area contributed by atoms with Crippen molar-refractivity contribution in [3.63, 3.8) is 0 Å². The lowest BCUT2D eigenvalue weighted by Gasteiger charge is -2.18. The average molecular weight is 385 g/mol. The number of carbonyl (C=O) groups is 1. The molecule has 132 valence electrons.